The van der Waals surface area contributed by atoms with Crippen LogP contribution in [0.15, 0.2) is 42.6 Å². The summed E-state index contributed by atoms with van der Waals surface area (Å²) in [5.41, 5.74) is 14.6. The van der Waals surface area contributed by atoms with Gasteiger partial charge in [-0.15, -0.1) is 0 Å². The highest BCUT2D eigenvalue weighted by atomic mass is 16.1. The average molecular weight is 276 g/mol. The van der Waals surface area contributed by atoms with Crippen LogP contribution in [0.1, 0.15) is 21.5 Å². The van der Waals surface area contributed by atoms with Gasteiger partial charge in [0, 0.05) is 39.6 Å². The lowest BCUT2D eigenvalue weighted by molar-refractivity contribution is 0.104. The third kappa shape index (κ3) is 2.19. The summed E-state index contributed by atoms with van der Waals surface area (Å²) in [6.45, 7) is 0. The minimum Gasteiger partial charge on any atom is -0.399 e. The molecule has 0 radical (unpaired) electrons. The first kappa shape index (κ1) is 12.8. The smallest absolute Gasteiger partial charge is 0.195 e. The van der Waals surface area contributed by atoms with Crippen molar-refractivity contribution in [3.8, 4) is 6.07 Å². The van der Waals surface area contributed by atoms with Crippen molar-refractivity contribution in [3.63, 3.8) is 0 Å². The molecule has 0 spiro atoms. The number of benzene rings is 2. The normalized spacial score (nSPS) is 10.4. The Labute approximate surface area is 120 Å². The zero-order valence-electron chi connectivity index (χ0n) is 11.1. The van der Waals surface area contributed by atoms with Gasteiger partial charge in [-0.1, -0.05) is 6.07 Å². The van der Waals surface area contributed by atoms with Crippen LogP contribution in [0.5, 0.6) is 0 Å². The summed E-state index contributed by atoms with van der Waals surface area (Å²) in [7, 11) is 0. The van der Waals surface area contributed by atoms with E-state index in [1.54, 1.807) is 42.6 Å². The molecule has 3 aromatic rings. The number of nitrogens with one attached hydrogen (secondary N) is 1. The van der Waals surface area contributed by atoms with Crippen molar-refractivity contribution in [2.45, 2.75) is 0 Å². The van der Waals surface area contributed by atoms with Gasteiger partial charge >= 0.3 is 0 Å². The summed E-state index contributed by atoms with van der Waals surface area (Å²) in [6, 6.07) is 12.0. The van der Waals surface area contributed by atoms with E-state index in [1.807, 2.05) is 0 Å². The summed E-state index contributed by atoms with van der Waals surface area (Å²) in [5, 5.41) is 9.66. The Bertz CT molecular complexity index is 882. The third-order valence-corrected chi connectivity index (χ3v) is 3.30. The predicted molar refractivity (Wildman–Crippen MR) is 81.7 cm³/mol. The number of ketones is 1. The summed E-state index contributed by atoms with van der Waals surface area (Å²) in [5.74, 6) is -0.162. The number of nitrogens with zero attached hydrogens (tertiary/aromatic N) is 1. The van der Waals surface area contributed by atoms with Gasteiger partial charge in [-0.3, -0.25) is 4.79 Å². The van der Waals surface area contributed by atoms with E-state index in [9.17, 15) is 4.79 Å². The topological polar surface area (TPSA) is 109 Å². The van der Waals surface area contributed by atoms with Crippen LogP contribution in [0.2, 0.25) is 0 Å². The summed E-state index contributed by atoms with van der Waals surface area (Å²) >= 11 is 0. The Morgan fingerprint density at radius 1 is 1.10 bits per heavy atom. The van der Waals surface area contributed by atoms with E-state index >= 15 is 0 Å². The average Bonchev–Trinajstić information content (AvgIpc) is 2.88. The van der Waals surface area contributed by atoms with E-state index in [0.717, 1.165) is 10.9 Å². The molecule has 5 N–H and O–H groups in total. The molecule has 0 aliphatic heterocycles. The van der Waals surface area contributed by atoms with E-state index in [1.165, 1.54) is 0 Å². The Balaban J connectivity index is 2.12. The number of H-pyrrole nitrogens is 1. The van der Waals surface area contributed by atoms with Gasteiger partial charge < -0.3 is 16.5 Å². The lowest BCUT2D eigenvalue weighted by Gasteiger charge is -2.03. The van der Waals surface area contributed by atoms with E-state index in [0.29, 0.717) is 28.1 Å². The number of aromatic amines is 1. The molecule has 0 atom stereocenters. The number of rotatable bonds is 2. The van der Waals surface area contributed by atoms with Gasteiger partial charge in [-0.05, 0) is 30.3 Å². The van der Waals surface area contributed by atoms with Crippen molar-refractivity contribution in [1.82, 2.24) is 4.98 Å². The minimum absolute atomic E-state index is 0.162. The van der Waals surface area contributed by atoms with Crippen LogP contribution in [0.4, 0.5) is 11.4 Å². The first-order valence-electron chi connectivity index (χ1n) is 6.30. The maximum Gasteiger partial charge on any atom is 0.195 e. The molecule has 0 fully saturated rings. The van der Waals surface area contributed by atoms with Crippen molar-refractivity contribution in [3.05, 3.63) is 59.3 Å². The van der Waals surface area contributed by atoms with Crippen LogP contribution < -0.4 is 11.5 Å². The fraction of sp³-hybridized carbons (Fsp3) is 0. The highest BCUT2D eigenvalue weighted by molar-refractivity contribution is 6.17. The molecule has 0 aliphatic carbocycles. The second-order valence-electron chi connectivity index (χ2n) is 4.79. The molecule has 0 amide bonds. The number of carbonyl (C=O) groups excluding carboxylic acids is 1. The van der Waals surface area contributed by atoms with Crippen molar-refractivity contribution in [2.75, 3.05) is 11.5 Å². The first-order valence-corrected chi connectivity index (χ1v) is 6.30. The molecule has 5 heteroatoms. The Morgan fingerprint density at radius 3 is 2.48 bits per heavy atom. The largest absolute Gasteiger partial charge is 0.399 e. The van der Waals surface area contributed by atoms with Crippen molar-refractivity contribution in [1.29, 1.82) is 5.26 Å². The van der Waals surface area contributed by atoms with Gasteiger partial charge in [0.2, 0.25) is 0 Å². The maximum absolute atomic E-state index is 12.6. The Morgan fingerprint density at radius 2 is 1.81 bits per heavy atom. The predicted octanol–water partition coefficient (Wildman–Crippen LogP) is 2.43. The van der Waals surface area contributed by atoms with Crippen LogP contribution in [-0.2, 0) is 0 Å². The molecule has 0 saturated heterocycles. The number of fused-ring (bicyclic) bond motifs is 1. The first-order chi connectivity index (χ1) is 10.1. The Hall–Kier alpha value is -3.26. The number of anilines is 2. The second-order valence-corrected chi connectivity index (χ2v) is 4.79. The number of nitriles is 1. The van der Waals surface area contributed by atoms with Crippen molar-refractivity contribution < 1.29 is 4.79 Å². The summed E-state index contributed by atoms with van der Waals surface area (Å²) in [6.07, 6.45) is 1.63. The van der Waals surface area contributed by atoms with Crippen LogP contribution >= 0.6 is 0 Å². The molecule has 21 heavy (non-hydrogen) atoms. The molecule has 102 valence electrons. The number of carbonyl (C=O) groups is 1. The molecule has 2 aromatic carbocycles. The zero-order valence-corrected chi connectivity index (χ0v) is 11.1. The Kier molecular flexibility index (Phi) is 2.85. The van der Waals surface area contributed by atoms with Crippen LogP contribution in [0, 0.1) is 11.3 Å². The summed E-state index contributed by atoms with van der Waals surface area (Å²) < 4.78 is 0. The highest BCUT2D eigenvalue weighted by Gasteiger charge is 2.15. The molecule has 3 rings (SSSR count). The number of nitrogens with two attached hydrogens (primary N) is 2. The quantitative estimate of drug-likeness (QED) is 0.493. The molecule has 1 aromatic heterocycles. The number of hydrogen-bond acceptors (Lipinski definition) is 4. The zero-order chi connectivity index (χ0) is 15.0. The second kappa shape index (κ2) is 4.69. The third-order valence-electron chi connectivity index (χ3n) is 3.30. The number of aromatic nitrogens is 1. The molecule has 0 aliphatic rings. The van der Waals surface area contributed by atoms with E-state index < -0.39 is 0 Å². The van der Waals surface area contributed by atoms with Gasteiger partial charge in [-0.25, -0.2) is 0 Å². The molecule has 0 bridgehead atoms. The highest BCUT2D eigenvalue weighted by Crippen LogP contribution is 2.24. The molecule has 0 saturated carbocycles. The molecular formula is C16H12N4O. The van der Waals surface area contributed by atoms with Crippen LogP contribution in [-0.4, -0.2) is 10.8 Å². The van der Waals surface area contributed by atoms with Crippen LogP contribution in [0.3, 0.4) is 0 Å². The SMILES string of the molecule is N#Cc1ccc2c(C(=O)c3cc(N)cc(N)c3)c[nH]c2c1. The minimum atomic E-state index is -0.162. The van der Waals surface area contributed by atoms with Crippen molar-refractivity contribution >= 4 is 28.1 Å². The van der Waals surface area contributed by atoms with E-state index in [-0.39, 0.29) is 5.78 Å². The van der Waals surface area contributed by atoms with Gasteiger partial charge in [0.15, 0.2) is 5.78 Å². The van der Waals surface area contributed by atoms with Gasteiger partial charge in [0.1, 0.15) is 0 Å². The monoisotopic (exact) mass is 276 g/mol. The fourth-order valence-electron chi connectivity index (χ4n) is 2.35. The number of hydrogen-bond donors (Lipinski definition) is 3. The fourth-order valence-corrected chi connectivity index (χ4v) is 2.35. The summed E-state index contributed by atoms with van der Waals surface area (Å²) in [4.78, 5) is 15.6. The van der Waals surface area contributed by atoms with Gasteiger partial charge in [0.25, 0.3) is 0 Å². The van der Waals surface area contributed by atoms with Gasteiger partial charge in [-0.2, -0.15) is 5.26 Å². The lowest BCUT2D eigenvalue weighted by Crippen LogP contribution is -2.03. The lowest BCUT2D eigenvalue weighted by atomic mass is 10.0. The van der Waals surface area contributed by atoms with Crippen LogP contribution in [0.25, 0.3) is 10.9 Å². The van der Waals surface area contributed by atoms with E-state index in [2.05, 4.69) is 11.1 Å². The standard InChI is InChI=1S/C16H12N4O/c17-7-9-1-2-13-14(8-20-15(13)3-9)16(21)10-4-11(18)6-12(19)5-10/h1-6,8,20H,18-19H2. The molecular weight excluding hydrogens is 264 g/mol. The number of nitrogen functional groups attached to an aromatic ring is 2. The molecule has 0 unspecified atom stereocenters. The molecule has 1 heterocycles. The van der Waals surface area contributed by atoms with Gasteiger partial charge in [0.05, 0.1) is 11.6 Å². The van der Waals surface area contributed by atoms with Crippen molar-refractivity contribution in [2.24, 2.45) is 0 Å². The molecule has 5 nitrogen and oxygen atoms in total. The maximum atomic E-state index is 12.6. The van der Waals surface area contributed by atoms with E-state index in [4.69, 9.17) is 16.7 Å².